The summed E-state index contributed by atoms with van der Waals surface area (Å²) >= 11 is 2.88. The zero-order valence-corrected chi connectivity index (χ0v) is 22.7. The second kappa shape index (κ2) is 15.7. The molecule has 0 saturated heterocycles. The van der Waals surface area contributed by atoms with E-state index in [4.69, 9.17) is 4.74 Å². The summed E-state index contributed by atoms with van der Waals surface area (Å²) in [6.45, 7) is 12.0. The fraction of sp³-hybridized carbons (Fsp3) is 0.625. The van der Waals surface area contributed by atoms with Gasteiger partial charge in [0.1, 0.15) is 33.9 Å². The average molecular weight is 511 g/mol. The van der Waals surface area contributed by atoms with Crippen LogP contribution in [0.2, 0.25) is 0 Å². The standard InChI is InChI=1S/C19H24N4O4S2.C3H8.C2H6/c1-3-4-5-6-12-7-14(24)20-8-15-22-13(10-28-15)17-23-19(2,11-29-17)18(26)21-9-16(25)27-12;1-3-2;1-2/h5-6,10,12H,3-4,7-9,11H2,1-2H3,(H,20,24)(H,21,26);3H2,1-2H3;1-2H3/b6-5+;;. The summed E-state index contributed by atoms with van der Waals surface area (Å²) < 4.78 is 5.40. The molecule has 0 aliphatic carbocycles. The van der Waals surface area contributed by atoms with Crippen LogP contribution < -0.4 is 10.6 Å². The van der Waals surface area contributed by atoms with E-state index in [-0.39, 0.29) is 24.8 Å². The maximum atomic E-state index is 12.6. The Balaban J connectivity index is 0.00000107. The van der Waals surface area contributed by atoms with Gasteiger partial charge >= 0.3 is 5.97 Å². The molecular weight excluding hydrogens is 472 g/mol. The first-order valence-corrected chi connectivity index (χ1v) is 13.8. The van der Waals surface area contributed by atoms with E-state index in [1.165, 1.54) is 29.5 Å². The summed E-state index contributed by atoms with van der Waals surface area (Å²) in [4.78, 5) is 46.2. The molecule has 1 aromatic heterocycles. The number of carbonyl (C=O) groups excluding carboxylic acids is 3. The predicted molar refractivity (Wildman–Crippen MR) is 140 cm³/mol. The van der Waals surface area contributed by atoms with Crippen LogP contribution in [0.15, 0.2) is 22.5 Å². The number of amides is 2. The third-order valence-electron chi connectivity index (χ3n) is 4.40. The molecule has 0 aromatic carbocycles. The molecule has 34 heavy (non-hydrogen) atoms. The molecular formula is C24H38N4O4S2. The van der Waals surface area contributed by atoms with Crippen LogP contribution in [0, 0.1) is 0 Å². The van der Waals surface area contributed by atoms with Crippen molar-refractivity contribution >= 4 is 45.9 Å². The number of aromatic nitrogens is 1. The highest BCUT2D eigenvalue weighted by molar-refractivity contribution is 8.14. The molecule has 2 N–H and O–H groups in total. The highest BCUT2D eigenvalue weighted by atomic mass is 32.2. The van der Waals surface area contributed by atoms with Crippen molar-refractivity contribution in [1.29, 1.82) is 0 Å². The van der Waals surface area contributed by atoms with Gasteiger partial charge in [-0.1, -0.05) is 53.5 Å². The zero-order valence-electron chi connectivity index (χ0n) is 21.1. The lowest BCUT2D eigenvalue weighted by Gasteiger charge is -2.19. The minimum Gasteiger partial charge on any atom is -0.456 e. The molecule has 190 valence electrons. The minimum absolute atomic E-state index is 0.0123. The summed E-state index contributed by atoms with van der Waals surface area (Å²) in [5.41, 5.74) is -0.261. The van der Waals surface area contributed by atoms with Crippen molar-refractivity contribution in [2.45, 2.75) is 85.4 Å². The van der Waals surface area contributed by atoms with Gasteiger partial charge in [-0.15, -0.1) is 23.1 Å². The Labute approximate surface area is 211 Å². The van der Waals surface area contributed by atoms with Crippen LogP contribution in [0.25, 0.3) is 0 Å². The Morgan fingerprint density at radius 1 is 1.18 bits per heavy atom. The fourth-order valence-electron chi connectivity index (χ4n) is 2.78. The van der Waals surface area contributed by atoms with Crippen molar-refractivity contribution in [2.75, 3.05) is 12.3 Å². The van der Waals surface area contributed by atoms with Crippen molar-refractivity contribution in [3.05, 3.63) is 28.2 Å². The van der Waals surface area contributed by atoms with E-state index in [0.717, 1.165) is 17.8 Å². The lowest BCUT2D eigenvalue weighted by Crippen LogP contribution is -2.46. The van der Waals surface area contributed by atoms with E-state index in [9.17, 15) is 14.4 Å². The molecule has 0 spiro atoms. The Kier molecular flexibility index (Phi) is 13.7. The molecule has 3 rings (SSSR count). The number of thiazole rings is 1. The van der Waals surface area contributed by atoms with Crippen molar-refractivity contribution in [3.63, 3.8) is 0 Å². The zero-order chi connectivity index (χ0) is 25.6. The first-order valence-electron chi connectivity index (χ1n) is 11.9. The lowest BCUT2D eigenvalue weighted by molar-refractivity contribution is -0.148. The number of cyclic esters (lactones) is 1. The lowest BCUT2D eigenvalue weighted by atomic mass is 10.1. The van der Waals surface area contributed by atoms with Gasteiger partial charge in [0, 0.05) is 11.1 Å². The number of aliphatic imine (C=N–C) groups is 1. The highest BCUT2D eigenvalue weighted by Gasteiger charge is 2.39. The van der Waals surface area contributed by atoms with Gasteiger partial charge in [-0.2, -0.15) is 0 Å². The monoisotopic (exact) mass is 510 g/mol. The van der Waals surface area contributed by atoms with Gasteiger partial charge in [-0.05, 0) is 19.4 Å². The number of carbonyl (C=O) groups is 3. The number of thioether (sulfide) groups is 1. The quantitative estimate of drug-likeness (QED) is 0.465. The Morgan fingerprint density at radius 3 is 2.56 bits per heavy atom. The number of unbranched alkanes of at least 4 members (excludes halogenated alkanes) is 1. The van der Waals surface area contributed by atoms with Crippen molar-refractivity contribution in [3.8, 4) is 0 Å². The molecule has 2 aliphatic heterocycles. The highest BCUT2D eigenvalue weighted by Crippen LogP contribution is 2.31. The molecule has 2 atom stereocenters. The summed E-state index contributed by atoms with van der Waals surface area (Å²) in [7, 11) is 0. The molecule has 1 aromatic rings. The molecule has 4 bridgehead atoms. The van der Waals surface area contributed by atoms with Crippen LogP contribution in [-0.2, 0) is 25.7 Å². The Bertz CT molecular complexity index is 869. The number of hydrogen-bond donors (Lipinski definition) is 2. The largest absolute Gasteiger partial charge is 0.456 e. The summed E-state index contributed by atoms with van der Waals surface area (Å²) in [6, 6.07) is 0. The van der Waals surface area contributed by atoms with Crippen molar-refractivity contribution in [1.82, 2.24) is 15.6 Å². The third-order valence-corrected chi connectivity index (χ3v) is 6.53. The van der Waals surface area contributed by atoms with Crippen molar-refractivity contribution < 1.29 is 19.1 Å². The van der Waals surface area contributed by atoms with Gasteiger partial charge in [0.25, 0.3) is 0 Å². The fourth-order valence-corrected chi connectivity index (χ4v) is 4.71. The number of nitrogens with zero attached hydrogens (tertiary/aromatic N) is 2. The van der Waals surface area contributed by atoms with Gasteiger partial charge < -0.3 is 15.4 Å². The number of esters is 1. The molecule has 2 amide bonds. The van der Waals surface area contributed by atoms with Gasteiger partial charge in [0.05, 0.1) is 13.0 Å². The van der Waals surface area contributed by atoms with Crippen LogP contribution >= 0.6 is 23.1 Å². The van der Waals surface area contributed by atoms with E-state index in [0.29, 0.717) is 23.0 Å². The maximum absolute atomic E-state index is 12.6. The Hall–Kier alpha value is -2.20. The smallest absolute Gasteiger partial charge is 0.326 e. The molecule has 2 unspecified atom stereocenters. The molecule has 10 heteroatoms. The van der Waals surface area contributed by atoms with Crippen LogP contribution in [0.4, 0.5) is 0 Å². The van der Waals surface area contributed by atoms with Crippen LogP contribution in [0.3, 0.4) is 0 Å². The predicted octanol–water partition coefficient (Wildman–Crippen LogP) is 4.24. The van der Waals surface area contributed by atoms with Gasteiger partial charge in [-0.3, -0.25) is 19.4 Å². The van der Waals surface area contributed by atoms with Crippen LogP contribution in [0.5, 0.6) is 0 Å². The summed E-state index contributed by atoms with van der Waals surface area (Å²) in [5.74, 6) is -0.701. The summed E-state index contributed by atoms with van der Waals surface area (Å²) in [5, 5.41) is 8.73. The SMILES string of the molecule is CC.CCC.CCC/C=C/C1CC(=O)NCc2nc(cs2)C2=NC(C)(CS2)C(=O)NCC(=O)O1. The molecule has 0 saturated carbocycles. The first kappa shape index (κ1) is 29.8. The van der Waals surface area contributed by atoms with E-state index in [2.05, 4.69) is 34.5 Å². The topological polar surface area (TPSA) is 110 Å². The molecule has 2 aliphatic rings. The Morgan fingerprint density at radius 2 is 1.88 bits per heavy atom. The van der Waals surface area contributed by atoms with Crippen molar-refractivity contribution in [2.24, 2.45) is 4.99 Å². The van der Waals surface area contributed by atoms with E-state index in [1.54, 1.807) is 13.0 Å². The van der Waals surface area contributed by atoms with Crippen LogP contribution in [-0.4, -0.2) is 51.8 Å². The second-order valence-corrected chi connectivity index (χ2v) is 9.63. The molecule has 0 radical (unpaired) electrons. The van der Waals surface area contributed by atoms with Gasteiger partial charge in [-0.25, -0.2) is 4.98 Å². The number of hydrogen-bond acceptors (Lipinski definition) is 8. The molecule has 3 heterocycles. The number of fused-ring (bicyclic) bond motifs is 4. The van der Waals surface area contributed by atoms with Gasteiger partial charge in [0.2, 0.25) is 11.8 Å². The number of ether oxygens (including phenoxy) is 1. The molecule has 0 fully saturated rings. The average Bonchev–Trinajstić information content (AvgIpc) is 3.45. The van der Waals surface area contributed by atoms with E-state index < -0.39 is 17.6 Å². The second-order valence-electron chi connectivity index (χ2n) is 7.72. The number of rotatable bonds is 3. The van der Waals surface area contributed by atoms with Gasteiger partial charge in [0.15, 0.2) is 0 Å². The maximum Gasteiger partial charge on any atom is 0.326 e. The number of nitrogens with one attached hydrogen (secondary N) is 2. The van der Waals surface area contributed by atoms with Crippen LogP contribution in [0.1, 0.15) is 77.9 Å². The van der Waals surface area contributed by atoms with E-state index >= 15 is 0 Å². The third kappa shape index (κ3) is 9.58. The normalized spacial score (nSPS) is 22.9. The first-order chi connectivity index (χ1) is 16.3. The number of allylic oxidation sites excluding steroid dienone is 1. The summed E-state index contributed by atoms with van der Waals surface area (Å²) in [6.07, 6.45) is 5.96. The van der Waals surface area contributed by atoms with E-state index in [1.807, 2.05) is 32.2 Å². The molecule has 8 nitrogen and oxygen atoms in total. The minimum atomic E-state index is -0.963.